The maximum Gasteiger partial charge on any atom is 0.224 e. The summed E-state index contributed by atoms with van der Waals surface area (Å²) in [7, 11) is 1.64. The minimum atomic E-state index is 0.0345. The third kappa shape index (κ3) is 5.90. The number of nitrogens with zero attached hydrogens (tertiary/aromatic N) is 2. The molecule has 0 aliphatic carbocycles. The predicted octanol–water partition coefficient (Wildman–Crippen LogP) is 3.73. The van der Waals surface area contributed by atoms with Crippen molar-refractivity contribution in [2.24, 2.45) is 0 Å². The van der Waals surface area contributed by atoms with E-state index in [4.69, 9.17) is 4.74 Å². The molecule has 6 heteroatoms. The van der Waals surface area contributed by atoms with Crippen LogP contribution in [0.4, 0.5) is 5.69 Å². The number of carbonyl (C=O) groups excluding carboxylic acids is 1. The summed E-state index contributed by atoms with van der Waals surface area (Å²) in [6.45, 7) is 9.86. The first-order valence-corrected chi connectivity index (χ1v) is 10.7. The summed E-state index contributed by atoms with van der Waals surface area (Å²) in [6.07, 6.45) is 5.40. The molecule has 2 unspecified atom stereocenters. The van der Waals surface area contributed by atoms with Crippen molar-refractivity contribution in [3.63, 3.8) is 0 Å². The number of aryl methyl sites for hydroxylation is 1. The van der Waals surface area contributed by atoms with Gasteiger partial charge in [0.1, 0.15) is 5.75 Å². The molecule has 1 saturated heterocycles. The van der Waals surface area contributed by atoms with Crippen molar-refractivity contribution in [2.45, 2.75) is 58.5 Å². The Morgan fingerprint density at radius 1 is 1.24 bits per heavy atom. The van der Waals surface area contributed by atoms with E-state index in [1.54, 1.807) is 13.3 Å². The number of rotatable bonds is 8. The van der Waals surface area contributed by atoms with Crippen LogP contribution in [-0.4, -0.2) is 54.6 Å². The van der Waals surface area contributed by atoms with Crippen molar-refractivity contribution in [2.75, 3.05) is 32.1 Å². The molecule has 0 spiro atoms. The molecule has 6 nitrogen and oxygen atoms in total. The summed E-state index contributed by atoms with van der Waals surface area (Å²) < 4.78 is 5.40. The highest BCUT2D eigenvalue weighted by Gasteiger charge is 2.20. The summed E-state index contributed by atoms with van der Waals surface area (Å²) in [5.74, 6) is 0.760. The molecule has 1 aliphatic heterocycles. The second-order valence-electron chi connectivity index (χ2n) is 8.29. The first-order chi connectivity index (χ1) is 14.0. The molecule has 2 aromatic rings. The Bertz CT molecular complexity index is 829. The van der Waals surface area contributed by atoms with E-state index in [1.165, 1.54) is 0 Å². The Morgan fingerprint density at radius 3 is 2.72 bits per heavy atom. The number of carbonyl (C=O) groups is 1. The number of unbranched alkanes of at least 4 members (excludes halogenated alkanes) is 2. The van der Waals surface area contributed by atoms with E-state index in [2.05, 4.69) is 34.4 Å². The Hall–Kier alpha value is -2.18. The minimum Gasteiger partial charge on any atom is -0.497 e. The molecule has 158 valence electrons. The quantitative estimate of drug-likeness (QED) is 0.663. The molecule has 2 N–H and O–H groups in total. The number of hydrogen-bond acceptors (Lipinski definition) is 5. The number of benzene rings is 1. The van der Waals surface area contributed by atoms with Crippen molar-refractivity contribution in [3.8, 4) is 5.75 Å². The van der Waals surface area contributed by atoms with Gasteiger partial charge in [-0.15, -0.1) is 0 Å². The maximum atomic E-state index is 12.5. The number of nitrogens with one attached hydrogen (secondary N) is 2. The van der Waals surface area contributed by atoms with Gasteiger partial charge >= 0.3 is 0 Å². The highest BCUT2D eigenvalue weighted by Crippen LogP contribution is 2.30. The van der Waals surface area contributed by atoms with Gasteiger partial charge in [0.2, 0.25) is 5.91 Å². The standard InChI is InChI=1S/C23H34N4O2/c1-16-9-10-24-23-20(16)12-19(29-4)13-21(23)26-22(28)8-6-5-7-11-27-14-17(2)25-18(3)15-27/h9-10,12-13,17-18,25H,5-8,11,14-15H2,1-4H3,(H,26,28). The first kappa shape index (κ1) is 21.5. The van der Waals surface area contributed by atoms with Crippen LogP contribution in [0.25, 0.3) is 10.9 Å². The molecule has 29 heavy (non-hydrogen) atoms. The molecule has 3 rings (SSSR count). The number of pyridine rings is 1. The zero-order valence-electron chi connectivity index (χ0n) is 18.1. The van der Waals surface area contributed by atoms with Crippen molar-refractivity contribution in [3.05, 3.63) is 30.0 Å². The van der Waals surface area contributed by atoms with Crippen molar-refractivity contribution < 1.29 is 9.53 Å². The smallest absolute Gasteiger partial charge is 0.224 e. The first-order valence-electron chi connectivity index (χ1n) is 10.7. The van der Waals surface area contributed by atoms with E-state index in [-0.39, 0.29) is 5.91 Å². The fourth-order valence-electron chi connectivity index (χ4n) is 4.21. The van der Waals surface area contributed by atoms with E-state index in [9.17, 15) is 4.79 Å². The van der Waals surface area contributed by atoms with E-state index < -0.39 is 0 Å². The van der Waals surface area contributed by atoms with Gasteiger partial charge in [0.15, 0.2) is 0 Å². The monoisotopic (exact) mass is 398 g/mol. The minimum absolute atomic E-state index is 0.0345. The largest absolute Gasteiger partial charge is 0.497 e. The molecule has 2 heterocycles. The van der Waals surface area contributed by atoms with Crippen molar-refractivity contribution >= 4 is 22.5 Å². The molecule has 2 atom stereocenters. The zero-order chi connectivity index (χ0) is 20.8. The highest BCUT2D eigenvalue weighted by atomic mass is 16.5. The number of methoxy groups -OCH3 is 1. The molecule has 0 saturated carbocycles. The van der Waals surface area contributed by atoms with Crippen LogP contribution in [0.3, 0.4) is 0 Å². The zero-order valence-corrected chi connectivity index (χ0v) is 18.1. The number of piperazine rings is 1. The third-order valence-electron chi connectivity index (χ3n) is 5.56. The Labute approximate surface area is 174 Å². The molecule has 1 aromatic heterocycles. The Balaban J connectivity index is 1.48. The second kappa shape index (κ2) is 10.0. The number of aromatic nitrogens is 1. The lowest BCUT2D eigenvalue weighted by Gasteiger charge is -2.36. The maximum absolute atomic E-state index is 12.5. The topological polar surface area (TPSA) is 66.5 Å². The van der Waals surface area contributed by atoms with Crippen LogP contribution in [0.2, 0.25) is 0 Å². The summed E-state index contributed by atoms with van der Waals surface area (Å²) in [6, 6.07) is 6.89. The van der Waals surface area contributed by atoms with E-state index in [1.807, 2.05) is 25.1 Å². The average Bonchev–Trinajstić information content (AvgIpc) is 2.67. The fourth-order valence-corrected chi connectivity index (χ4v) is 4.21. The fraction of sp³-hybridized carbons (Fsp3) is 0.565. The van der Waals surface area contributed by atoms with E-state index in [0.29, 0.717) is 18.5 Å². The summed E-state index contributed by atoms with van der Waals surface area (Å²) in [5, 5.41) is 7.60. The van der Waals surface area contributed by atoms with Gasteiger partial charge in [0.25, 0.3) is 0 Å². The van der Waals surface area contributed by atoms with Crippen LogP contribution < -0.4 is 15.4 Å². The average molecular weight is 399 g/mol. The molecule has 1 fully saturated rings. The molecular weight excluding hydrogens is 364 g/mol. The van der Waals surface area contributed by atoms with Gasteiger partial charge in [-0.1, -0.05) is 6.42 Å². The van der Waals surface area contributed by atoms with Gasteiger partial charge in [0.05, 0.1) is 18.3 Å². The SMILES string of the molecule is COc1cc(NC(=O)CCCCCN2CC(C)NC(C)C2)c2nccc(C)c2c1. The number of fused-ring (bicyclic) bond motifs is 1. The molecule has 1 aliphatic rings. The van der Waals surface area contributed by atoms with Gasteiger partial charge < -0.3 is 20.3 Å². The normalized spacial score (nSPS) is 20.0. The lowest BCUT2D eigenvalue weighted by molar-refractivity contribution is -0.116. The lowest BCUT2D eigenvalue weighted by Crippen LogP contribution is -2.54. The molecule has 0 radical (unpaired) electrons. The predicted molar refractivity (Wildman–Crippen MR) is 119 cm³/mol. The van der Waals surface area contributed by atoms with Crippen LogP contribution in [0.15, 0.2) is 24.4 Å². The second-order valence-corrected chi connectivity index (χ2v) is 8.29. The Kier molecular flexibility index (Phi) is 7.45. The van der Waals surface area contributed by atoms with Crippen LogP contribution in [-0.2, 0) is 4.79 Å². The van der Waals surface area contributed by atoms with E-state index >= 15 is 0 Å². The van der Waals surface area contributed by atoms with Crippen molar-refractivity contribution in [1.29, 1.82) is 0 Å². The van der Waals surface area contributed by atoms with Crippen LogP contribution in [0.5, 0.6) is 5.75 Å². The van der Waals surface area contributed by atoms with Crippen LogP contribution in [0, 0.1) is 6.92 Å². The number of amides is 1. The molecule has 1 amide bonds. The van der Waals surface area contributed by atoms with Gasteiger partial charge in [-0.2, -0.15) is 0 Å². The van der Waals surface area contributed by atoms with E-state index in [0.717, 1.165) is 66.8 Å². The lowest BCUT2D eigenvalue weighted by atomic mass is 10.1. The van der Waals surface area contributed by atoms with Crippen molar-refractivity contribution in [1.82, 2.24) is 15.2 Å². The van der Waals surface area contributed by atoms with Crippen LogP contribution >= 0.6 is 0 Å². The highest BCUT2D eigenvalue weighted by molar-refractivity contribution is 6.01. The third-order valence-corrected chi connectivity index (χ3v) is 5.56. The molecule has 0 bridgehead atoms. The van der Waals surface area contributed by atoms with Crippen LogP contribution in [0.1, 0.15) is 45.1 Å². The molecular formula is C23H34N4O2. The number of hydrogen-bond donors (Lipinski definition) is 2. The summed E-state index contributed by atoms with van der Waals surface area (Å²) >= 11 is 0. The summed E-state index contributed by atoms with van der Waals surface area (Å²) in [5.41, 5.74) is 2.64. The molecule has 1 aromatic carbocycles. The van der Waals surface area contributed by atoms with Gasteiger partial charge in [-0.3, -0.25) is 9.78 Å². The number of ether oxygens (including phenoxy) is 1. The van der Waals surface area contributed by atoms with Gasteiger partial charge in [-0.05, 0) is 57.9 Å². The Morgan fingerprint density at radius 2 is 2.00 bits per heavy atom. The van der Waals surface area contributed by atoms with Gasteiger partial charge in [0, 0.05) is 49.2 Å². The summed E-state index contributed by atoms with van der Waals surface area (Å²) in [4.78, 5) is 19.5. The van der Waals surface area contributed by atoms with Gasteiger partial charge in [-0.25, -0.2) is 0 Å². The number of anilines is 1.